The van der Waals surface area contributed by atoms with Gasteiger partial charge in [-0.2, -0.15) is 0 Å². The zero-order valence-corrected chi connectivity index (χ0v) is 30.3. The van der Waals surface area contributed by atoms with Gasteiger partial charge in [-0.05, 0) is 107 Å². The molecule has 0 bridgehead atoms. The van der Waals surface area contributed by atoms with Gasteiger partial charge in [0.15, 0.2) is 36.0 Å². The zero-order valence-electron chi connectivity index (χ0n) is 30.3. The van der Waals surface area contributed by atoms with Gasteiger partial charge in [0.25, 0.3) is 0 Å². The summed E-state index contributed by atoms with van der Waals surface area (Å²) >= 11 is 0. The van der Waals surface area contributed by atoms with Crippen molar-refractivity contribution >= 4 is 30.1 Å². The lowest BCUT2D eigenvalue weighted by Gasteiger charge is -2.45. The number of carbonyl (C=O) groups excluding carboxylic acids is 4. The first-order chi connectivity index (χ1) is 21.4. The molecule has 0 aliphatic carbocycles. The van der Waals surface area contributed by atoms with E-state index in [0.717, 1.165) is 0 Å². The van der Waals surface area contributed by atoms with E-state index in [-0.39, 0.29) is 6.61 Å². The van der Waals surface area contributed by atoms with Crippen LogP contribution in [0.4, 0.5) is 0 Å². The molecule has 5 atom stereocenters. The van der Waals surface area contributed by atoms with Crippen LogP contribution in [0.1, 0.15) is 88.6 Å². The third kappa shape index (κ3) is 10.9. The van der Waals surface area contributed by atoms with Crippen molar-refractivity contribution in [2.75, 3.05) is 20.8 Å². The van der Waals surface area contributed by atoms with Crippen LogP contribution in [0.5, 0.6) is 11.5 Å². The summed E-state index contributed by atoms with van der Waals surface area (Å²) in [4.78, 5) is 57.5. The maximum Gasteiger partial charge on any atom is 0.311 e. The maximum absolute atomic E-state index is 13.4. The van der Waals surface area contributed by atoms with Crippen LogP contribution >= 0.6 is 0 Å². The molecule has 0 N–H and O–H groups in total. The van der Waals surface area contributed by atoms with Crippen molar-refractivity contribution in [2.24, 2.45) is 26.7 Å². The molecule has 1 heterocycles. The Morgan fingerprint density at radius 2 is 1.11 bits per heavy atom. The first kappa shape index (κ1) is 39.5. The normalized spacial score (nSPS) is 22.3. The Balaban J connectivity index is 2.76. The molecule has 12 heteroatoms. The first-order valence-electron chi connectivity index (χ1n) is 15.6. The number of esters is 4. The topological polar surface area (TPSA) is 145 Å². The highest BCUT2D eigenvalue weighted by Crippen LogP contribution is 2.35. The molecule has 1 saturated heterocycles. The van der Waals surface area contributed by atoms with Crippen molar-refractivity contribution in [3.63, 3.8) is 0 Å². The molecule has 0 spiro atoms. The van der Waals surface area contributed by atoms with Gasteiger partial charge in [0, 0.05) is 6.21 Å². The second-order valence-electron chi connectivity index (χ2n) is 15.7. The molecule has 12 nitrogen and oxygen atoms in total. The van der Waals surface area contributed by atoms with Crippen LogP contribution in [0.25, 0.3) is 0 Å². The fourth-order valence-corrected chi connectivity index (χ4v) is 3.92. The summed E-state index contributed by atoms with van der Waals surface area (Å²) in [5.41, 5.74) is -3.17. The van der Waals surface area contributed by atoms with Crippen LogP contribution in [0, 0.1) is 21.7 Å². The van der Waals surface area contributed by atoms with Crippen LogP contribution in [-0.4, -0.2) is 81.6 Å². The predicted octanol–water partition coefficient (Wildman–Crippen LogP) is 5.31. The number of hydrogen-bond donors (Lipinski definition) is 0. The van der Waals surface area contributed by atoms with E-state index in [1.54, 1.807) is 101 Å². The minimum Gasteiger partial charge on any atom is -0.493 e. The van der Waals surface area contributed by atoms with Crippen molar-refractivity contribution in [3.05, 3.63) is 23.8 Å². The molecular formula is C35H53NO11. The SMILES string of the molecule is COc1ccc(/C=N/[C@@H]2O[C@H](COC(=O)C(C)(C)C)[C@H](OC(=O)C(C)(C)C)[C@H](OC(=O)C(C)(C)C)[C@H]2OC(=O)C(C)(C)C)cc1OC. The van der Waals surface area contributed by atoms with Gasteiger partial charge in [-0.1, -0.05) is 0 Å². The Hall–Kier alpha value is -3.67. The molecule has 0 amide bonds. The smallest absolute Gasteiger partial charge is 0.311 e. The van der Waals surface area contributed by atoms with Crippen molar-refractivity contribution in [2.45, 2.75) is 114 Å². The fraction of sp³-hybridized carbons (Fsp3) is 0.686. The second-order valence-corrected chi connectivity index (χ2v) is 15.7. The highest BCUT2D eigenvalue weighted by molar-refractivity contribution is 5.81. The number of methoxy groups -OCH3 is 2. The van der Waals surface area contributed by atoms with Gasteiger partial charge in [0.1, 0.15) is 12.7 Å². The van der Waals surface area contributed by atoms with Crippen molar-refractivity contribution in [1.82, 2.24) is 0 Å². The van der Waals surface area contributed by atoms with E-state index in [1.165, 1.54) is 20.4 Å². The first-order valence-corrected chi connectivity index (χ1v) is 15.6. The summed E-state index contributed by atoms with van der Waals surface area (Å²) in [6.45, 7) is 19.7. The van der Waals surface area contributed by atoms with E-state index < -0.39 is 76.2 Å². The summed E-state index contributed by atoms with van der Waals surface area (Å²) in [6, 6.07) is 5.12. The Kier molecular flexibility index (Phi) is 12.6. The molecule has 1 fully saturated rings. The minimum atomic E-state index is -1.39. The monoisotopic (exact) mass is 663 g/mol. The summed E-state index contributed by atoms with van der Waals surface area (Å²) in [7, 11) is 3.02. The molecule has 0 radical (unpaired) electrons. The van der Waals surface area contributed by atoms with E-state index in [0.29, 0.717) is 17.1 Å². The molecule has 1 aromatic carbocycles. The van der Waals surface area contributed by atoms with E-state index in [2.05, 4.69) is 4.99 Å². The number of rotatable bonds is 9. The van der Waals surface area contributed by atoms with Crippen molar-refractivity contribution < 1.29 is 52.3 Å². The van der Waals surface area contributed by atoms with Crippen molar-refractivity contribution in [1.29, 1.82) is 0 Å². The second kappa shape index (κ2) is 15.0. The summed E-state index contributed by atoms with van der Waals surface area (Å²) < 4.78 is 40.7. The minimum absolute atomic E-state index is 0.371. The molecule has 264 valence electrons. The van der Waals surface area contributed by atoms with Crippen LogP contribution in [0.3, 0.4) is 0 Å². The molecule has 1 aliphatic heterocycles. The highest BCUT2D eigenvalue weighted by Gasteiger charge is 2.54. The average molecular weight is 664 g/mol. The van der Waals surface area contributed by atoms with Gasteiger partial charge in [0.05, 0.1) is 35.9 Å². The summed E-state index contributed by atoms with van der Waals surface area (Å²) in [5, 5.41) is 0. The molecule has 0 saturated carbocycles. The predicted molar refractivity (Wildman–Crippen MR) is 174 cm³/mol. The number of nitrogens with zero attached hydrogens (tertiary/aromatic N) is 1. The third-order valence-corrected chi connectivity index (χ3v) is 6.94. The quantitative estimate of drug-likeness (QED) is 0.192. The van der Waals surface area contributed by atoms with E-state index in [4.69, 9.17) is 33.2 Å². The number of carbonyl (C=O) groups is 4. The van der Waals surface area contributed by atoms with Gasteiger partial charge in [-0.25, -0.2) is 0 Å². The van der Waals surface area contributed by atoms with Crippen LogP contribution in [-0.2, 0) is 42.9 Å². The van der Waals surface area contributed by atoms with Gasteiger partial charge < -0.3 is 33.2 Å². The molecule has 0 unspecified atom stereocenters. The number of benzene rings is 1. The van der Waals surface area contributed by atoms with E-state index >= 15 is 0 Å². The van der Waals surface area contributed by atoms with Crippen LogP contribution in [0.15, 0.2) is 23.2 Å². The standard InChI is InChI=1S/C35H53NO11/c1-32(2,3)28(37)43-19-23-24(45-29(38)33(4,5)6)25(46-30(39)34(7,8)9)26(47-31(40)35(10,11)12)27(44-23)36-18-20-15-16-21(41-13)22(17-20)42-14/h15-18,23-27H,19H2,1-14H3/b36-18+/t23-,24+,25+,26-,27-/m1/s1. The van der Waals surface area contributed by atoms with Gasteiger partial charge >= 0.3 is 23.9 Å². The zero-order chi connectivity index (χ0) is 36.1. The van der Waals surface area contributed by atoms with E-state index in [9.17, 15) is 19.2 Å². The average Bonchev–Trinajstić information content (AvgIpc) is 2.94. The lowest BCUT2D eigenvalue weighted by molar-refractivity contribution is -0.258. The lowest BCUT2D eigenvalue weighted by atomic mass is 9.92. The number of ether oxygens (including phenoxy) is 7. The van der Waals surface area contributed by atoms with Gasteiger partial charge in [-0.15, -0.1) is 0 Å². The Morgan fingerprint density at radius 1 is 0.660 bits per heavy atom. The Morgan fingerprint density at radius 3 is 1.55 bits per heavy atom. The van der Waals surface area contributed by atoms with E-state index in [1.807, 2.05) is 0 Å². The molecule has 2 rings (SSSR count). The number of hydrogen-bond acceptors (Lipinski definition) is 12. The third-order valence-electron chi connectivity index (χ3n) is 6.94. The van der Waals surface area contributed by atoms with Crippen LogP contribution in [0.2, 0.25) is 0 Å². The van der Waals surface area contributed by atoms with Gasteiger partial charge in [-0.3, -0.25) is 24.2 Å². The Bertz CT molecular complexity index is 1310. The maximum atomic E-state index is 13.4. The lowest BCUT2D eigenvalue weighted by Crippen LogP contribution is -2.63. The van der Waals surface area contributed by atoms with Gasteiger partial charge in [0.2, 0.25) is 0 Å². The highest BCUT2D eigenvalue weighted by atomic mass is 16.7. The summed E-state index contributed by atoms with van der Waals surface area (Å²) in [5.74, 6) is -1.48. The molecule has 1 aliphatic rings. The largest absolute Gasteiger partial charge is 0.493 e. The molecule has 47 heavy (non-hydrogen) atoms. The fourth-order valence-electron chi connectivity index (χ4n) is 3.92. The molecule has 0 aromatic heterocycles. The Labute approximate surface area is 278 Å². The van der Waals surface area contributed by atoms with Crippen LogP contribution < -0.4 is 9.47 Å². The van der Waals surface area contributed by atoms with Crippen molar-refractivity contribution in [3.8, 4) is 11.5 Å². The molecular weight excluding hydrogens is 610 g/mol. The summed E-state index contributed by atoms with van der Waals surface area (Å²) in [6.07, 6.45) is -5.06. The number of aliphatic imine (C=N–C) groups is 1. The molecule has 1 aromatic rings.